The van der Waals surface area contributed by atoms with E-state index in [1.165, 1.54) is 24.8 Å². The molecular weight excluding hydrogens is 268 g/mol. The Labute approximate surface area is 125 Å². The van der Waals surface area contributed by atoms with Crippen molar-refractivity contribution in [3.63, 3.8) is 0 Å². The maximum Gasteiger partial charge on any atom is 0.138 e. The molecule has 0 spiro atoms. The molecule has 20 heavy (non-hydrogen) atoms. The van der Waals surface area contributed by atoms with Crippen LogP contribution in [0.25, 0.3) is 0 Å². The first kappa shape index (κ1) is 13.6. The van der Waals surface area contributed by atoms with E-state index in [2.05, 4.69) is 40.3 Å². The first-order valence-corrected chi connectivity index (χ1v) is 7.81. The first-order valence-electron chi connectivity index (χ1n) is 7.28. The molecule has 3 rings (SSSR count). The minimum absolute atomic E-state index is 0.00957. The molecule has 104 valence electrons. The van der Waals surface area contributed by atoms with Gasteiger partial charge in [-0.15, -0.1) is 11.6 Å². The molecule has 1 aromatic heterocycles. The molecule has 2 nitrogen and oxygen atoms in total. The number of halogens is 1. The third-order valence-electron chi connectivity index (χ3n) is 4.32. The number of alkyl halides is 1. The minimum Gasteiger partial charge on any atom is -0.240 e. The molecule has 1 aliphatic rings. The second-order valence-electron chi connectivity index (χ2n) is 5.56. The Balaban J connectivity index is 2.05. The van der Waals surface area contributed by atoms with Crippen molar-refractivity contribution in [3.8, 4) is 0 Å². The van der Waals surface area contributed by atoms with E-state index < -0.39 is 0 Å². The largest absolute Gasteiger partial charge is 0.240 e. The van der Waals surface area contributed by atoms with Crippen molar-refractivity contribution >= 4 is 11.6 Å². The van der Waals surface area contributed by atoms with Crippen molar-refractivity contribution in [1.29, 1.82) is 0 Å². The molecule has 1 fully saturated rings. The lowest BCUT2D eigenvalue weighted by Gasteiger charge is -2.36. The highest BCUT2D eigenvalue weighted by atomic mass is 35.5. The number of hydrogen-bond acceptors (Lipinski definition) is 2. The molecule has 0 atom stereocenters. The average Bonchev–Trinajstić information content (AvgIpc) is 2.56. The fourth-order valence-corrected chi connectivity index (χ4v) is 3.36. The summed E-state index contributed by atoms with van der Waals surface area (Å²) < 4.78 is 0. The number of benzene rings is 1. The average molecular weight is 287 g/mol. The van der Waals surface area contributed by atoms with Crippen LogP contribution in [0.15, 0.2) is 42.7 Å². The molecule has 0 bridgehead atoms. The van der Waals surface area contributed by atoms with E-state index in [0.717, 1.165) is 24.2 Å². The van der Waals surface area contributed by atoms with E-state index in [0.29, 0.717) is 5.88 Å². The van der Waals surface area contributed by atoms with Crippen LogP contribution in [0.1, 0.15) is 49.1 Å². The molecule has 1 saturated carbocycles. The van der Waals surface area contributed by atoms with Crippen molar-refractivity contribution in [2.45, 2.75) is 43.4 Å². The summed E-state index contributed by atoms with van der Waals surface area (Å²) in [5.41, 5.74) is 2.32. The van der Waals surface area contributed by atoms with Crippen molar-refractivity contribution in [2.24, 2.45) is 0 Å². The fourth-order valence-electron chi connectivity index (χ4n) is 3.22. The third-order valence-corrected chi connectivity index (χ3v) is 4.63. The van der Waals surface area contributed by atoms with Crippen molar-refractivity contribution in [3.05, 3.63) is 59.7 Å². The van der Waals surface area contributed by atoms with Gasteiger partial charge in [-0.3, -0.25) is 0 Å². The Hall–Kier alpha value is -1.41. The van der Waals surface area contributed by atoms with Crippen molar-refractivity contribution in [2.75, 3.05) is 0 Å². The van der Waals surface area contributed by atoms with Gasteiger partial charge in [-0.05, 0) is 18.4 Å². The highest BCUT2D eigenvalue weighted by Gasteiger charge is 2.38. The van der Waals surface area contributed by atoms with Crippen LogP contribution in [-0.4, -0.2) is 9.97 Å². The summed E-state index contributed by atoms with van der Waals surface area (Å²) in [7, 11) is 0. The minimum atomic E-state index is -0.00957. The van der Waals surface area contributed by atoms with E-state index in [9.17, 15) is 0 Å². The van der Waals surface area contributed by atoms with Crippen LogP contribution in [0.4, 0.5) is 0 Å². The Morgan fingerprint density at radius 1 is 0.950 bits per heavy atom. The summed E-state index contributed by atoms with van der Waals surface area (Å²) in [4.78, 5) is 9.25. The predicted molar refractivity (Wildman–Crippen MR) is 81.9 cm³/mol. The molecule has 3 heteroatoms. The fraction of sp³-hybridized carbons (Fsp3) is 0.412. The van der Waals surface area contributed by atoms with Gasteiger partial charge in [0.25, 0.3) is 0 Å². The molecule has 0 saturated heterocycles. The second-order valence-corrected chi connectivity index (χ2v) is 5.82. The molecule has 0 amide bonds. The van der Waals surface area contributed by atoms with E-state index in [1.54, 1.807) is 0 Å². The highest BCUT2D eigenvalue weighted by molar-refractivity contribution is 6.17. The Kier molecular flexibility index (Phi) is 4.02. The maximum absolute atomic E-state index is 5.84. The summed E-state index contributed by atoms with van der Waals surface area (Å²) in [6.45, 7) is 0. The van der Waals surface area contributed by atoms with Gasteiger partial charge in [0.05, 0.1) is 11.3 Å². The van der Waals surface area contributed by atoms with E-state index in [4.69, 9.17) is 11.6 Å². The Bertz CT molecular complexity index is 545. The second kappa shape index (κ2) is 5.92. The molecule has 0 radical (unpaired) electrons. The monoisotopic (exact) mass is 286 g/mol. The van der Waals surface area contributed by atoms with Gasteiger partial charge < -0.3 is 0 Å². The van der Waals surface area contributed by atoms with Crippen LogP contribution in [-0.2, 0) is 11.3 Å². The van der Waals surface area contributed by atoms with Gasteiger partial charge in [0.1, 0.15) is 5.82 Å². The topological polar surface area (TPSA) is 25.8 Å². The molecule has 0 unspecified atom stereocenters. The summed E-state index contributed by atoms with van der Waals surface area (Å²) in [6, 6.07) is 10.7. The molecule has 2 aromatic rings. The predicted octanol–water partition coefficient (Wildman–Crippen LogP) is 4.47. The SMILES string of the molecule is ClCc1cnc(C2(c3ccccc3)CCCCC2)nc1. The smallest absolute Gasteiger partial charge is 0.138 e. The standard InChI is InChI=1S/C17H19ClN2/c18-11-14-12-19-16(20-13-14)17(9-5-2-6-10-17)15-7-3-1-4-8-15/h1,3-4,7-8,12-13H,2,5-6,9-11H2. The Morgan fingerprint density at radius 3 is 2.20 bits per heavy atom. The molecule has 0 aliphatic heterocycles. The normalized spacial score (nSPS) is 17.9. The van der Waals surface area contributed by atoms with Crippen molar-refractivity contribution in [1.82, 2.24) is 9.97 Å². The molecular formula is C17H19ClN2. The van der Waals surface area contributed by atoms with Gasteiger partial charge in [0.2, 0.25) is 0 Å². The van der Waals surface area contributed by atoms with Crippen LogP contribution >= 0.6 is 11.6 Å². The maximum atomic E-state index is 5.84. The van der Waals surface area contributed by atoms with Crippen LogP contribution in [0.2, 0.25) is 0 Å². The van der Waals surface area contributed by atoms with Gasteiger partial charge >= 0.3 is 0 Å². The van der Waals surface area contributed by atoms with Gasteiger partial charge in [-0.1, -0.05) is 49.6 Å². The number of aromatic nitrogens is 2. The lowest BCUT2D eigenvalue weighted by molar-refractivity contribution is 0.330. The van der Waals surface area contributed by atoms with Gasteiger partial charge in [-0.25, -0.2) is 9.97 Å². The number of rotatable bonds is 3. The van der Waals surface area contributed by atoms with Crippen LogP contribution < -0.4 is 0 Å². The van der Waals surface area contributed by atoms with Gasteiger partial charge in [0.15, 0.2) is 0 Å². The molecule has 1 heterocycles. The Morgan fingerprint density at radius 2 is 1.60 bits per heavy atom. The van der Waals surface area contributed by atoms with E-state index >= 15 is 0 Å². The van der Waals surface area contributed by atoms with Gasteiger partial charge in [0, 0.05) is 18.0 Å². The van der Waals surface area contributed by atoms with Crippen LogP contribution in [0.3, 0.4) is 0 Å². The summed E-state index contributed by atoms with van der Waals surface area (Å²) >= 11 is 5.84. The van der Waals surface area contributed by atoms with E-state index in [-0.39, 0.29) is 5.41 Å². The highest BCUT2D eigenvalue weighted by Crippen LogP contribution is 2.43. The zero-order valence-corrected chi connectivity index (χ0v) is 12.3. The lowest BCUT2D eigenvalue weighted by atomic mass is 9.69. The zero-order chi connectivity index (χ0) is 13.8. The zero-order valence-electron chi connectivity index (χ0n) is 11.6. The van der Waals surface area contributed by atoms with Crippen LogP contribution in [0, 0.1) is 0 Å². The molecule has 0 N–H and O–H groups in total. The summed E-state index contributed by atoms with van der Waals surface area (Å²) in [5.74, 6) is 1.43. The third kappa shape index (κ3) is 2.45. The summed E-state index contributed by atoms with van der Waals surface area (Å²) in [5, 5.41) is 0. The lowest BCUT2D eigenvalue weighted by Crippen LogP contribution is -2.32. The van der Waals surface area contributed by atoms with Gasteiger partial charge in [-0.2, -0.15) is 0 Å². The molecule has 1 aromatic carbocycles. The van der Waals surface area contributed by atoms with Crippen molar-refractivity contribution < 1.29 is 0 Å². The quantitative estimate of drug-likeness (QED) is 0.778. The first-order chi connectivity index (χ1) is 9.85. The number of nitrogens with zero attached hydrogens (tertiary/aromatic N) is 2. The number of hydrogen-bond donors (Lipinski definition) is 0. The summed E-state index contributed by atoms with van der Waals surface area (Å²) in [6.07, 6.45) is 9.82. The van der Waals surface area contributed by atoms with E-state index in [1.807, 2.05) is 12.4 Å². The van der Waals surface area contributed by atoms with Crippen LogP contribution in [0.5, 0.6) is 0 Å². The molecule has 1 aliphatic carbocycles.